The van der Waals surface area contributed by atoms with Gasteiger partial charge in [-0.2, -0.15) is 0 Å². The third-order valence-electron chi connectivity index (χ3n) is 1.96. The summed E-state index contributed by atoms with van der Waals surface area (Å²) in [6.07, 6.45) is 4.29. The van der Waals surface area contributed by atoms with E-state index in [1.165, 1.54) is 0 Å². The minimum atomic E-state index is 0.00810. The molecule has 0 aliphatic rings. The van der Waals surface area contributed by atoms with Crippen LogP contribution in [0, 0.1) is 6.92 Å². The first-order chi connectivity index (χ1) is 6.65. The molecule has 0 saturated carbocycles. The van der Waals surface area contributed by atoms with E-state index < -0.39 is 0 Å². The number of hydrogen-bond acceptors (Lipinski definition) is 1. The number of rotatable bonds is 3. The van der Waals surface area contributed by atoms with Crippen molar-refractivity contribution >= 4 is 17.4 Å². The van der Waals surface area contributed by atoms with Crippen molar-refractivity contribution in [3.8, 4) is 0 Å². The molecule has 1 aromatic carbocycles. The standard InChI is InChI=1S/C12H13ClO/c1-3-4-5-12(14)10-7-6-9(2)11(13)8-10/h4-8H,3H2,1-2H3/b5-4+. The molecule has 0 heterocycles. The van der Waals surface area contributed by atoms with Gasteiger partial charge in [-0.05, 0) is 31.1 Å². The number of allylic oxidation sites excluding steroid dienone is 2. The van der Waals surface area contributed by atoms with Crippen molar-refractivity contribution in [1.82, 2.24) is 0 Å². The Morgan fingerprint density at radius 3 is 2.79 bits per heavy atom. The quantitative estimate of drug-likeness (QED) is 0.546. The highest BCUT2D eigenvalue weighted by molar-refractivity contribution is 6.31. The summed E-state index contributed by atoms with van der Waals surface area (Å²) in [6, 6.07) is 5.36. The molecule has 0 unspecified atom stereocenters. The molecule has 0 N–H and O–H groups in total. The van der Waals surface area contributed by atoms with Gasteiger partial charge in [0.25, 0.3) is 0 Å². The molecule has 0 radical (unpaired) electrons. The second kappa shape index (κ2) is 4.97. The van der Waals surface area contributed by atoms with Crippen molar-refractivity contribution in [1.29, 1.82) is 0 Å². The Balaban J connectivity index is 2.91. The van der Waals surface area contributed by atoms with E-state index >= 15 is 0 Å². The van der Waals surface area contributed by atoms with Crippen LogP contribution in [0.5, 0.6) is 0 Å². The molecule has 0 saturated heterocycles. The third-order valence-corrected chi connectivity index (χ3v) is 2.37. The summed E-state index contributed by atoms with van der Waals surface area (Å²) in [6.45, 7) is 3.91. The molecule has 0 fully saturated rings. The lowest BCUT2D eigenvalue weighted by molar-refractivity contribution is 0.104. The van der Waals surface area contributed by atoms with Crippen LogP contribution in [0.2, 0.25) is 5.02 Å². The van der Waals surface area contributed by atoms with Gasteiger partial charge in [-0.15, -0.1) is 0 Å². The first-order valence-electron chi connectivity index (χ1n) is 4.62. The molecule has 0 aliphatic heterocycles. The number of halogens is 1. The van der Waals surface area contributed by atoms with Gasteiger partial charge in [0.1, 0.15) is 0 Å². The topological polar surface area (TPSA) is 17.1 Å². The van der Waals surface area contributed by atoms with E-state index in [-0.39, 0.29) is 5.78 Å². The number of carbonyl (C=O) groups is 1. The maximum absolute atomic E-state index is 11.5. The molecule has 0 spiro atoms. The van der Waals surface area contributed by atoms with Crippen LogP contribution in [0.25, 0.3) is 0 Å². The zero-order valence-corrected chi connectivity index (χ0v) is 9.14. The van der Waals surface area contributed by atoms with Gasteiger partial charge in [0.05, 0.1) is 0 Å². The molecule has 0 amide bonds. The minimum absolute atomic E-state index is 0.00810. The fourth-order valence-corrected chi connectivity index (χ4v) is 1.25. The van der Waals surface area contributed by atoms with Gasteiger partial charge >= 0.3 is 0 Å². The normalized spacial score (nSPS) is 10.8. The van der Waals surface area contributed by atoms with E-state index in [0.717, 1.165) is 12.0 Å². The predicted molar refractivity (Wildman–Crippen MR) is 60.0 cm³/mol. The number of ketones is 1. The molecular weight excluding hydrogens is 196 g/mol. The van der Waals surface area contributed by atoms with Crippen molar-refractivity contribution in [2.45, 2.75) is 20.3 Å². The molecule has 0 atom stereocenters. The number of carbonyl (C=O) groups excluding carboxylic acids is 1. The molecule has 0 bridgehead atoms. The van der Waals surface area contributed by atoms with Crippen molar-refractivity contribution in [3.63, 3.8) is 0 Å². The lowest BCUT2D eigenvalue weighted by Crippen LogP contribution is -1.94. The average molecular weight is 209 g/mol. The average Bonchev–Trinajstić information content (AvgIpc) is 2.18. The molecule has 1 rings (SSSR count). The smallest absolute Gasteiger partial charge is 0.185 e. The summed E-state index contributed by atoms with van der Waals surface area (Å²) in [5.41, 5.74) is 1.63. The summed E-state index contributed by atoms with van der Waals surface area (Å²) < 4.78 is 0. The number of hydrogen-bond donors (Lipinski definition) is 0. The molecule has 74 valence electrons. The highest BCUT2D eigenvalue weighted by atomic mass is 35.5. The first-order valence-corrected chi connectivity index (χ1v) is 5.00. The second-order valence-electron chi connectivity index (χ2n) is 3.14. The van der Waals surface area contributed by atoms with E-state index in [9.17, 15) is 4.79 Å². The zero-order valence-electron chi connectivity index (χ0n) is 8.38. The fraction of sp³-hybridized carbons (Fsp3) is 0.250. The monoisotopic (exact) mass is 208 g/mol. The Morgan fingerprint density at radius 2 is 2.21 bits per heavy atom. The SMILES string of the molecule is CC/C=C/C(=O)c1ccc(C)c(Cl)c1. The largest absolute Gasteiger partial charge is 0.289 e. The summed E-state index contributed by atoms with van der Waals surface area (Å²) >= 11 is 5.92. The third kappa shape index (κ3) is 2.71. The number of benzene rings is 1. The Hall–Kier alpha value is -1.08. The molecule has 2 heteroatoms. The van der Waals surface area contributed by atoms with E-state index in [1.54, 1.807) is 18.2 Å². The van der Waals surface area contributed by atoms with Crippen LogP contribution >= 0.6 is 11.6 Å². The maximum Gasteiger partial charge on any atom is 0.185 e. The van der Waals surface area contributed by atoms with E-state index in [4.69, 9.17) is 11.6 Å². The maximum atomic E-state index is 11.5. The van der Waals surface area contributed by atoms with Gasteiger partial charge in [0.2, 0.25) is 0 Å². The molecule has 1 aromatic rings. The van der Waals surface area contributed by atoms with Crippen LogP contribution in [0.1, 0.15) is 29.3 Å². The Kier molecular flexibility index (Phi) is 3.90. The van der Waals surface area contributed by atoms with Gasteiger partial charge in [-0.1, -0.05) is 36.7 Å². The Morgan fingerprint density at radius 1 is 1.50 bits per heavy atom. The van der Waals surface area contributed by atoms with Crippen LogP contribution in [-0.4, -0.2) is 5.78 Å². The van der Waals surface area contributed by atoms with E-state index in [2.05, 4.69) is 0 Å². The summed E-state index contributed by atoms with van der Waals surface area (Å²) in [7, 11) is 0. The highest BCUT2D eigenvalue weighted by Crippen LogP contribution is 2.17. The highest BCUT2D eigenvalue weighted by Gasteiger charge is 2.03. The Labute approximate surface area is 89.4 Å². The lowest BCUT2D eigenvalue weighted by atomic mass is 10.1. The van der Waals surface area contributed by atoms with Gasteiger partial charge < -0.3 is 0 Å². The fourth-order valence-electron chi connectivity index (χ4n) is 1.07. The van der Waals surface area contributed by atoms with E-state index in [0.29, 0.717) is 10.6 Å². The van der Waals surface area contributed by atoms with Crippen LogP contribution in [0.4, 0.5) is 0 Å². The minimum Gasteiger partial charge on any atom is -0.289 e. The van der Waals surface area contributed by atoms with Crippen molar-refractivity contribution in [2.75, 3.05) is 0 Å². The van der Waals surface area contributed by atoms with Crippen molar-refractivity contribution in [2.24, 2.45) is 0 Å². The lowest BCUT2D eigenvalue weighted by Gasteiger charge is -1.99. The van der Waals surface area contributed by atoms with Gasteiger partial charge in [-0.25, -0.2) is 0 Å². The predicted octanol–water partition coefficient (Wildman–Crippen LogP) is 3.80. The van der Waals surface area contributed by atoms with Crippen LogP contribution in [0.3, 0.4) is 0 Å². The van der Waals surface area contributed by atoms with Crippen LogP contribution in [0.15, 0.2) is 30.4 Å². The first kappa shape index (κ1) is 11.0. The second-order valence-corrected chi connectivity index (χ2v) is 3.55. The van der Waals surface area contributed by atoms with Gasteiger partial charge in [0.15, 0.2) is 5.78 Å². The zero-order chi connectivity index (χ0) is 10.6. The summed E-state index contributed by atoms with van der Waals surface area (Å²) in [4.78, 5) is 11.5. The summed E-state index contributed by atoms with van der Waals surface area (Å²) in [5, 5.41) is 0.640. The van der Waals surface area contributed by atoms with E-state index in [1.807, 2.05) is 26.0 Å². The van der Waals surface area contributed by atoms with Crippen LogP contribution < -0.4 is 0 Å². The van der Waals surface area contributed by atoms with Crippen molar-refractivity contribution in [3.05, 3.63) is 46.5 Å². The molecule has 1 nitrogen and oxygen atoms in total. The van der Waals surface area contributed by atoms with Gasteiger partial charge in [-0.3, -0.25) is 4.79 Å². The Bertz CT molecular complexity index is 367. The number of aryl methyl sites for hydroxylation is 1. The van der Waals surface area contributed by atoms with Crippen molar-refractivity contribution < 1.29 is 4.79 Å². The van der Waals surface area contributed by atoms with Gasteiger partial charge in [0, 0.05) is 10.6 Å². The van der Waals surface area contributed by atoms with Crippen LogP contribution in [-0.2, 0) is 0 Å². The molecular formula is C12H13ClO. The molecule has 0 aliphatic carbocycles. The molecule has 0 aromatic heterocycles. The summed E-state index contributed by atoms with van der Waals surface area (Å²) in [5.74, 6) is 0.00810. The molecule has 14 heavy (non-hydrogen) atoms.